The Morgan fingerprint density at radius 3 is 2.07 bits per heavy atom. The van der Waals surface area contributed by atoms with Crippen LogP contribution in [0.4, 0.5) is 11.4 Å². The number of carbonyl (C=O) groups is 3. The van der Waals surface area contributed by atoms with Crippen LogP contribution in [0, 0.1) is 11.8 Å². The Morgan fingerprint density at radius 1 is 0.889 bits per heavy atom. The molecule has 0 saturated heterocycles. The van der Waals surface area contributed by atoms with Gasteiger partial charge < -0.3 is 10.6 Å². The minimum Gasteiger partial charge on any atom is -0.326 e. The minimum absolute atomic E-state index is 0.0199. The number of Topliss-reactive ketones (excluding diaryl/α,β-unsaturated/α-hetero) is 1. The lowest BCUT2D eigenvalue weighted by Gasteiger charge is -2.13. The second kappa shape index (κ2) is 7.74. The number of benzene rings is 2. The topological polar surface area (TPSA) is 75.3 Å². The normalized spacial score (nSPS) is 18.1. The summed E-state index contributed by atoms with van der Waals surface area (Å²) in [6.45, 7) is 5.66. The van der Waals surface area contributed by atoms with Gasteiger partial charge in [-0.25, -0.2) is 0 Å². The maximum Gasteiger partial charge on any atom is 0.228 e. The molecule has 5 heteroatoms. The van der Waals surface area contributed by atoms with E-state index < -0.39 is 0 Å². The predicted octanol–water partition coefficient (Wildman–Crippen LogP) is 4.23. The van der Waals surface area contributed by atoms with Crippen molar-refractivity contribution in [3.05, 3.63) is 59.7 Å². The van der Waals surface area contributed by atoms with Crippen molar-refractivity contribution in [3.8, 4) is 0 Å². The summed E-state index contributed by atoms with van der Waals surface area (Å²) >= 11 is 0. The van der Waals surface area contributed by atoms with Gasteiger partial charge in [0.2, 0.25) is 11.8 Å². The summed E-state index contributed by atoms with van der Waals surface area (Å²) < 4.78 is 0. The predicted molar refractivity (Wildman–Crippen MR) is 106 cm³/mol. The molecule has 2 amide bonds. The van der Waals surface area contributed by atoms with Crippen LogP contribution in [0.1, 0.15) is 49.0 Å². The number of ketones is 1. The fourth-order valence-corrected chi connectivity index (χ4v) is 3.14. The van der Waals surface area contributed by atoms with Gasteiger partial charge in [0.25, 0.3) is 0 Å². The van der Waals surface area contributed by atoms with Crippen molar-refractivity contribution in [1.29, 1.82) is 0 Å². The van der Waals surface area contributed by atoms with E-state index in [-0.39, 0.29) is 29.4 Å². The zero-order chi connectivity index (χ0) is 19.6. The Labute approximate surface area is 159 Å². The van der Waals surface area contributed by atoms with Gasteiger partial charge in [-0.2, -0.15) is 0 Å². The number of carbonyl (C=O) groups excluding carboxylic acids is 3. The Balaban J connectivity index is 1.58. The molecule has 0 bridgehead atoms. The summed E-state index contributed by atoms with van der Waals surface area (Å²) in [5.41, 5.74) is 3.11. The van der Waals surface area contributed by atoms with Gasteiger partial charge in [-0.05, 0) is 55.2 Å². The quantitative estimate of drug-likeness (QED) is 0.753. The standard InChI is InChI=1S/C22H24N2O3/c1-13(2)17-6-4-5-7-20(17)24-22(27)19-12-18(19)21(26)23-16-10-8-15(9-11-16)14(3)25/h4-11,13,18-19H,12H2,1-3H3,(H,23,26)(H,24,27). The van der Waals surface area contributed by atoms with E-state index in [1.165, 1.54) is 6.92 Å². The van der Waals surface area contributed by atoms with Gasteiger partial charge >= 0.3 is 0 Å². The van der Waals surface area contributed by atoms with Crippen molar-refractivity contribution >= 4 is 29.0 Å². The maximum atomic E-state index is 12.5. The molecule has 0 aliphatic heterocycles. The van der Waals surface area contributed by atoms with Crippen molar-refractivity contribution < 1.29 is 14.4 Å². The number of amides is 2. The van der Waals surface area contributed by atoms with Crippen molar-refractivity contribution in [1.82, 2.24) is 0 Å². The summed E-state index contributed by atoms with van der Waals surface area (Å²) in [6, 6.07) is 14.5. The smallest absolute Gasteiger partial charge is 0.228 e. The van der Waals surface area contributed by atoms with E-state index >= 15 is 0 Å². The van der Waals surface area contributed by atoms with Gasteiger partial charge in [-0.1, -0.05) is 32.0 Å². The van der Waals surface area contributed by atoms with Gasteiger partial charge in [0, 0.05) is 16.9 Å². The molecule has 0 aromatic heterocycles. The summed E-state index contributed by atoms with van der Waals surface area (Å²) in [5, 5.41) is 5.78. The SMILES string of the molecule is CC(=O)c1ccc(NC(=O)C2CC2C(=O)Nc2ccccc2C(C)C)cc1. The Morgan fingerprint density at radius 2 is 1.48 bits per heavy atom. The van der Waals surface area contributed by atoms with E-state index in [1.54, 1.807) is 24.3 Å². The second-order valence-electron chi connectivity index (χ2n) is 7.30. The lowest BCUT2D eigenvalue weighted by molar-refractivity contribution is -0.122. The summed E-state index contributed by atoms with van der Waals surface area (Å²) in [7, 11) is 0. The molecule has 3 rings (SSSR count). The third-order valence-electron chi connectivity index (χ3n) is 4.86. The summed E-state index contributed by atoms with van der Waals surface area (Å²) in [5.74, 6) is -0.616. The highest BCUT2D eigenvalue weighted by molar-refractivity contribution is 6.03. The molecule has 140 valence electrons. The van der Waals surface area contributed by atoms with Gasteiger partial charge in [-0.3, -0.25) is 14.4 Å². The van der Waals surface area contributed by atoms with Crippen LogP contribution in [0.3, 0.4) is 0 Å². The molecule has 1 aliphatic carbocycles. The molecule has 2 atom stereocenters. The van der Waals surface area contributed by atoms with Gasteiger partial charge in [0.1, 0.15) is 0 Å². The molecule has 5 nitrogen and oxygen atoms in total. The molecule has 0 spiro atoms. The first-order valence-electron chi connectivity index (χ1n) is 9.18. The number of nitrogens with one attached hydrogen (secondary N) is 2. The molecule has 2 N–H and O–H groups in total. The van der Waals surface area contributed by atoms with Crippen LogP contribution in [-0.2, 0) is 9.59 Å². The third kappa shape index (κ3) is 4.42. The maximum absolute atomic E-state index is 12.5. The first-order chi connectivity index (χ1) is 12.9. The van der Waals surface area contributed by atoms with Crippen LogP contribution in [0.5, 0.6) is 0 Å². The Kier molecular flexibility index (Phi) is 5.40. The average molecular weight is 364 g/mol. The fourth-order valence-electron chi connectivity index (χ4n) is 3.14. The van der Waals surface area contributed by atoms with Gasteiger partial charge in [0.05, 0.1) is 11.8 Å². The molecule has 2 unspecified atom stereocenters. The average Bonchev–Trinajstić information content (AvgIpc) is 3.43. The van der Waals surface area contributed by atoms with Crippen molar-refractivity contribution in [2.45, 2.75) is 33.1 Å². The van der Waals surface area contributed by atoms with Crippen LogP contribution in [0.25, 0.3) is 0 Å². The van der Waals surface area contributed by atoms with E-state index in [9.17, 15) is 14.4 Å². The second-order valence-corrected chi connectivity index (χ2v) is 7.30. The van der Waals surface area contributed by atoms with Crippen LogP contribution < -0.4 is 10.6 Å². The zero-order valence-electron chi connectivity index (χ0n) is 15.8. The monoisotopic (exact) mass is 364 g/mol. The first-order valence-corrected chi connectivity index (χ1v) is 9.18. The molecule has 27 heavy (non-hydrogen) atoms. The fraction of sp³-hybridized carbons (Fsp3) is 0.318. The van der Waals surface area contributed by atoms with Gasteiger partial charge in [-0.15, -0.1) is 0 Å². The van der Waals surface area contributed by atoms with E-state index in [1.807, 2.05) is 24.3 Å². The molecule has 1 fully saturated rings. The van der Waals surface area contributed by atoms with Crippen LogP contribution >= 0.6 is 0 Å². The van der Waals surface area contributed by atoms with E-state index in [2.05, 4.69) is 24.5 Å². The molecule has 1 aliphatic rings. The zero-order valence-corrected chi connectivity index (χ0v) is 15.8. The number of hydrogen-bond donors (Lipinski definition) is 2. The Hall–Kier alpha value is -2.95. The molecule has 0 heterocycles. The highest BCUT2D eigenvalue weighted by atomic mass is 16.2. The number of rotatable bonds is 6. The third-order valence-corrected chi connectivity index (χ3v) is 4.86. The number of hydrogen-bond acceptors (Lipinski definition) is 3. The van der Waals surface area contributed by atoms with Crippen LogP contribution in [0.15, 0.2) is 48.5 Å². The van der Waals surface area contributed by atoms with E-state index in [4.69, 9.17) is 0 Å². The molecule has 0 radical (unpaired) electrons. The minimum atomic E-state index is -0.316. The summed E-state index contributed by atoms with van der Waals surface area (Å²) in [6.07, 6.45) is 0.549. The van der Waals surface area contributed by atoms with Crippen molar-refractivity contribution in [2.24, 2.45) is 11.8 Å². The molecule has 2 aromatic rings. The largest absolute Gasteiger partial charge is 0.326 e. The Bertz CT molecular complexity index is 871. The van der Waals surface area contributed by atoms with Crippen LogP contribution in [-0.4, -0.2) is 17.6 Å². The first kappa shape index (κ1) is 18.8. The number of para-hydroxylation sites is 1. The lowest BCUT2D eigenvalue weighted by Crippen LogP contribution is -2.21. The van der Waals surface area contributed by atoms with E-state index in [0.717, 1.165) is 11.3 Å². The van der Waals surface area contributed by atoms with Gasteiger partial charge in [0.15, 0.2) is 5.78 Å². The lowest BCUT2D eigenvalue weighted by atomic mass is 10.0. The molecule has 2 aromatic carbocycles. The van der Waals surface area contributed by atoms with Crippen LogP contribution in [0.2, 0.25) is 0 Å². The molecular formula is C22H24N2O3. The van der Waals surface area contributed by atoms with Crippen molar-refractivity contribution in [2.75, 3.05) is 10.6 Å². The highest BCUT2D eigenvalue weighted by Gasteiger charge is 2.48. The highest BCUT2D eigenvalue weighted by Crippen LogP contribution is 2.40. The molecule has 1 saturated carbocycles. The number of anilines is 2. The summed E-state index contributed by atoms with van der Waals surface area (Å²) in [4.78, 5) is 36.2. The van der Waals surface area contributed by atoms with E-state index in [0.29, 0.717) is 23.6 Å². The molecular weight excluding hydrogens is 340 g/mol. The van der Waals surface area contributed by atoms with Crippen molar-refractivity contribution in [3.63, 3.8) is 0 Å².